The highest BCUT2D eigenvalue weighted by Crippen LogP contribution is 2.03. The van der Waals surface area contributed by atoms with Crippen LogP contribution in [0.15, 0.2) is 6.20 Å². The second-order valence-electron chi connectivity index (χ2n) is 3.33. The normalized spacial score (nSPS) is 10.0. The zero-order valence-corrected chi connectivity index (χ0v) is 9.60. The van der Waals surface area contributed by atoms with Crippen LogP contribution in [0.5, 0.6) is 0 Å². The summed E-state index contributed by atoms with van der Waals surface area (Å²) >= 11 is 4.63. The van der Waals surface area contributed by atoms with Crippen molar-refractivity contribution in [3.05, 3.63) is 17.5 Å². The third-order valence-electron chi connectivity index (χ3n) is 1.93. The van der Waals surface area contributed by atoms with Crippen molar-refractivity contribution in [1.82, 2.24) is 15.1 Å². The molecule has 6 heteroatoms. The van der Waals surface area contributed by atoms with Crippen LogP contribution in [-0.2, 0) is 18.4 Å². The zero-order chi connectivity index (χ0) is 11.4. The zero-order valence-electron chi connectivity index (χ0n) is 8.78. The number of nitrogens with one attached hydrogen (secondary N) is 1. The van der Waals surface area contributed by atoms with Gasteiger partial charge in [-0.25, -0.2) is 0 Å². The molecule has 0 atom stereocenters. The molecule has 1 rings (SSSR count). The Bertz CT molecular complexity index is 385. The van der Waals surface area contributed by atoms with Crippen molar-refractivity contribution in [1.29, 1.82) is 0 Å². The van der Waals surface area contributed by atoms with Gasteiger partial charge in [-0.3, -0.25) is 9.48 Å². The summed E-state index contributed by atoms with van der Waals surface area (Å²) in [5.41, 5.74) is 7.16. The van der Waals surface area contributed by atoms with Crippen molar-refractivity contribution in [3.8, 4) is 0 Å². The van der Waals surface area contributed by atoms with Gasteiger partial charge in [0.1, 0.15) is 0 Å². The van der Waals surface area contributed by atoms with Crippen molar-refractivity contribution in [3.63, 3.8) is 0 Å². The van der Waals surface area contributed by atoms with E-state index in [4.69, 9.17) is 5.73 Å². The molecule has 82 valence electrons. The number of hydrogen-bond donors (Lipinski definition) is 2. The number of hydrogen-bond acceptors (Lipinski definition) is 3. The van der Waals surface area contributed by atoms with E-state index in [1.807, 2.05) is 20.2 Å². The van der Waals surface area contributed by atoms with Crippen LogP contribution >= 0.6 is 12.2 Å². The molecule has 0 spiro atoms. The second kappa shape index (κ2) is 4.88. The molecule has 0 aliphatic carbocycles. The molecular formula is C9H14N4OS. The molecule has 1 aromatic heterocycles. The second-order valence-corrected chi connectivity index (χ2v) is 3.86. The Morgan fingerprint density at radius 3 is 2.87 bits per heavy atom. The summed E-state index contributed by atoms with van der Waals surface area (Å²) in [7, 11) is 1.84. The number of aryl methyl sites for hydroxylation is 2. The SMILES string of the molecule is Cc1nn(C)cc1CNC(=O)CC(N)=S. The van der Waals surface area contributed by atoms with Crippen LogP contribution in [0.3, 0.4) is 0 Å². The van der Waals surface area contributed by atoms with Gasteiger partial charge in [0, 0.05) is 25.4 Å². The van der Waals surface area contributed by atoms with E-state index >= 15 is 0 Å². The number of carbonyl (C=O) groups is 1. The van der Waals surface area contributed by atoms with E-state index in [9.17, 15) is 4.79 Å². The van der Waals surface area contributed by atoms with Crippen LogP contribution < -0.4 is 11.1 Å². The van der Waals surface area contributed by atoms with E-state index in [-0.39, 0.29) is 17.3 Å². The van der Waals surface area contributed by atoms with Crippen LogP contribution in [0.25, 0.3) is 0 Å². The highest BCUT2D eigenvalue weighted by molar-refractivity contribution is 7.80. The molecular weight excluding hydrogens is 212 g/mol. The van der Waals surface area contributed by atoms with Crippen molar-refractivity contribution in [2.45, 2.75) is 19.9 Å². The Balaban J connectivity index is 2.47. The number of aromatic nitrogens is 2. The predicted octanol–water partition coefficient (Wildman–Crippen LogP) is 0.0209. The molecule has 0 radical (unpaired) electrons. The van der Waals surface area contributed by atoms with E-state index in [1.165, 1.54) is 0 Å². The Kier molecular flexibility index (Phi) is 3.79. The van der Waals surface area contributed by atoms with Crippen molar-refractivity contribution < 1.29 is 4.79 Å². The molecule has 0 fully saturated rings. The molecule has 0 aromatic carbocycles. The minimum Gasteiger partial charge on any atom is -0.393 e. The Hall–Kier alpha value is -1.43. The molecule has 1 aromatic rings. The number of nitrogens with two attached hydrogens (primary N) is 1. The van der Waals surface area contributed by atoms with Gasteiger partial charge in [0.15, 0.2) is 0 Å². The van der Waals surface area contributed by atoms with Gasteiger partial charge in [-0.2, -0.15) is 5.10 Å². The van der Waals surface area contributed by atoms with Crippen LogP contribution in [0.1, 0.15) is 17.7 Å². The molecule has 0 aliphatic heterocycles. The van der Waals surface area contributed by atoms with Gasteiger partial charge in [0.05, 0.1) is 17.1 Å². The standard InChI is InChI=1S/C9H14N4OS/c1-6-7(5-13(2)12-6)4-11-9(14)3-8(10)15/h5H,3-4H2,1-2H3,(H2,10,15)(H,11,14). The maximum atomic E-state index is 11.2. The van der Waals surface area contributed by atoms with Gasteiger partial charge in [-0.15, -0.1) is 0 Å². The molecule has 0 saturated heterocycles. The van der Waals surface area contributed by atoms with Gasteiger partial charge in [0.2, 0.25) is 5.91 Å². The molecule has 15 heavy (non-hydrogen) atoms. The predicted molar refractivity (Wildman–Crippen MR) is 61.2 cm³/mol. The Morgan fingerprint density at radius 2 is 2.40 bits per heavy atom. The first kappa shape index (κ1) is 11.6. The fourth-order valence-electron chi connectivity index (χ4n) is 1.24. The fourth-order valence-corrected chi connectivity index (χ4v) is 1.37. The summed E-state index contributed by atoms with van der Waals surface area (Å²) in [6.07, 6.45) is 1.96. The van der Waals surface area contributed by atoms with Gasteiger partial charge in [-0.05, 0) is 6.92 Å². The maximum Gasteiger partial charge on any atom is 0.227 e. The lowest BCUT2D eigenvalue weighted by atomic mass is 10.2. The van der Waals surface area contributed by atoms with Gasteiger partial charge in [-0.1, -0.05) is 12.2 Å². The first-order valence-corrected chi connectivity index (χ1v) is 4.94. The van der Waals surface area contributed by atoms with Crippen LogP contribution in [0.4, 0.5) is 0 Å². The van der Waals surface area contributed by atoms with E-state index in [0.717, 1.165) is 11.3 Å². The van der Waals surface area contributed by atoms with Crippen LogP contribution in [-0.4, -0.2) is 20.7 Å². The first-order chi connectivity index (χ1) is 6.99. The van der Waals surface area contributed by atoms with E-state index in [0.29, 0.717) is 6.54 Å². The number of rotatable bonds is 4. The smallest absolute Gasteiger partial charge is 0.227 e. The highest BCUT2D eigenvalue weighted by Gasteiger charge is 2.06. The van der Waals surface area contributed by atoms with E-state index in [2.05, 4.69) is 22.6 Å². The van der Waals surface area contributed by atoms with E-state index in [1.54, 1.807) is 4.68 Å². The average molecular weight is 226 g/mol. The minimum absolute atomic E-state index is 0.0919. The number of amides is 1. The van der Waals surface area contributed by atoms with E-state index < -0.39 is 0 Å². The molecule has 0 unspecified atom stereocenters. The molecule has 3 N–H and O–H groups in total. The lowest BCUT2D eigenvalue weighted by Gasteiger charge is -2.02. The Morgan fingerprint density at radius 1 is 1.73 bits per heavy atom. The summed E-state index contributed by atoms with van der Waals surface area (Å²) in [4.78, 5) is 11.4. The lowest BCUT2D eigenvalue weighted by molar-refractivity contribution is -0.120. The molecule has 0 bridgehead atoms. The number of thiocarbonyl (C=S) groups is 1. The van der Waals surface area contributed by atoms with Gasteiger partial charge < -0.3 is 11.1 Å². The van der Waals surface area contributed by atoms with Crippen molar-refractivity contribution in [2.75, 3.05) is 0 Å². The quantitative estimate of drug-likeness (QED) is 0.710. The molecule has 5 nitrogen and oxygen atoms in total. The highest BCUT2D eigenvalue weighted by atomic mass is 32.1. The minimum atomic E-state index is -0.161. The number of nitrogens with zero attached hydrogens (tertiary/aromatic N) is 2. The average Bonchev–Trinajstić information content (AvgIpc) is 2.40. The monoisotopic (exact) mass is 226 g/mol. The Labute approximate surface area is 93.6 Å². The van der Waals surface area contributed by atoms with Crippen LogP contribution in [0, 0.1) is 6.92 Å². The largest absolute Gasteiger partial charge is 0.393 e. The topological polar surface area (TPSA) is 72.9 Å². The molecule has 0 saturated carbocycles. The van der Waals surface area contributed by atoms with Crippen LogP contribution in [0.2, 0.25) is 0 Å². The summed E-state index contributed by atoms with van der Waals surface area (Å²) in [6, 6.07) is 0. The molecule has 0 aliphatic rings. The summed E-state index contributed by atoms with van der Waals surface area (Å²) < 4.78 is 1.71. The van der Waals surface area contributed by atoms with Crippen molar-refractivity contribution >= 4 is 23.1 Å². The first-order valence-electron chi connectivity index (χ1n) is 4.53. The number of carbonyl (C=O) groups excluding carboxylic acids is 1. The summed E-state index contributed by atoms with van der Waals surface area (Å²) in [5.74, 6) is -0.161. The fraction of sp³-hybridized carbons (Fsp3) is 0.444. The molecule has 1 amide bonds. The van der Waals surface area contributed by atoms with Gasteiger partial charge in [0.25, 0.3) is 0 Å². The third-order valence-corrected chi connectivity index (χ3v) is 2.07. The van der Waals surface area contributed by atoms with Crippen molar-refractivity contribution in [2.24, 2.45) is 12.8 Å². The van der Waals surface area contributed by atoms with Gasteiger partial charge >= 0.3 is 0 Å². The maximum absolute atomic E-state index is 11.2. The molecule has 1 heterocycles. The summed E-state index contributed by atoms with van der Waals surface area (Å²) in [5, 5.41) is 6.89. The lowest BCUT2D eigenvalue weighted by Crippen LogP contribution is -2.27. The third kappa shape index (κ3) is 3.67. The summed E-state index contributed by atoms with van der Waals surface area (Å²) in [6.45, 7) is 2.36.